The Morgan fingerprint density at radius 1 is 0.518 bits per heavy atom. The van der Waals surface area contributed by atoms with Crippen molar-refractivity contribution in [3.05, 3.63) is 96.1 Å². The first-order valence-electron chi connectivity index (χ1n) is 18.3. The molecule has 0 saturated carbocycles. The second-order valence-corrected chi connectivity index (χ2v) is 13.5. The Hall–Kier alpha value is -6.71. The minimum Gasteiger partial charge on any atom is -0.370 e. The van der Waals surface area contributed by atoms with Crippen LogP contribution in [0.1, 0.15) is 43.7 Å². The molecule has 16 nitrogen and oxygen atoms in total. The average molecular weight is 766 g/mol. The SMILES string of the molecule is CC(=O)N[C@H](Cc1ccc2ccccc2c1)C(=O)N[C@@H](CCCN=C(N)N)C(=O)N[C@H](Cc1ccc2ccccc2c1)C(=O)N[C@@H](CCCN=C(N)N)C(N)=O. The van der Waals surface area contributed by atoms with E-state index >= 15 is 0 Å². The number of fused-ring (bicyclic) bond motifs is 2. The van der Waals surface area contributed by atoms with Crippen LogP contribution in [-0.4, -0.2) is 78.7 Å². The van der Waals surface area contributed by atoms with Crippen molar-refractivity contribution in [1.29, 1.82) is 0 Å². The molecule has 16 heteroatoms. The molecule has 0 aromatic heterocycles. The molecule has 0 saturated heterocycles. The fourth-order valence-electron chi connectivity index (χ4n) is 6.25. The molecule has 0 heterocycles. The first-order chi connectivity index (χ1) is 26.8. The van der Waals surface area contributed by atoms with E-state index in [9.17, 15) is 24.0 Å². The molecule has 0 radical (unpaired) electrons. The molecular formula is C40H51N11O5. The van der Waals surface area contributed by atoms with Crippen molar-refractivity contribution in [2.24, 2.45) is 38.7 Å². The normalized spacial score (nSPS) is 13.0. The van der Waals surface area contributed by atoms with Gasteiger partial charge in [0.25, 0.3) is 0 Å². The number of nitrogens with zero attached hydrogens (tertiary/aromatic N) is 2. The van der Waals surface area contributed by atoms with Gasteiger partial charge in [0.15, 0.2) is 11.9 Å². The summed E-state index contributed by atoms with van der Waals surface area (Å²) in [5.41, 5.74) is 29.0. The fourth-order valence-corrected chi connectivity index (χ4v) is 6.25. The van der Waals surface area contributed by atoms with E-state index < -0.39 is 53.7 Å². The van der Waals surface area contributed by atoms with Gasteiger partial charge in [-0.1, -0.05) is 84.9 Å². The molecule has 0 aliphatic rings. The standard InChI is InChI=1S/C40H51N11O5/c1-24(52)48-33(22-25-14-16-27-8-2-4-10-29(27)20-25)37(55)50-32(13-7-19-47-40(44)45)36(54)51-34(23-26-15-17-28-9-3-5-11-30(28)21-26)38(56)49-31(35(41)53)12-6-18-46-39(42)43/h2-5,8-11,14-17,20-21,31-34H,6-7,12-13,18-19,22-23H2,1H3,(H2,41,53)(H,48,52)(H,49,56)(H,50,55)(H,51,54)(H4,42,43,46)(H4,44,45,47)/t31-,32-,33+,34+/m0/s1. The number of carbonyl (C=O) groups is 5. The number of rotatable bonds is 20. The maximum Gasteiger partial charge on any atom is 0.243 e. The Kier molecular flexibility index (Phi) is 15.5. The molecule has 0 fully saturated rings. The first-order valence-corrected chi connectivity index (χ1v) is 18.3. The molecular weight excluding hydrogens is 715 g/mol. The average Bonchev–Trinajstić information content (AvgIpc) is 3.15. The van der Waals surface area contributed by atoms with Crippen molar-refractivity contribution < 1.29 is 24.0 Å². The quantitative estimate of drug-likeness (QED) is 0.0340. The van der Waals surface area contributed by atoms with E-state index in [2.05, 4.69) is 31.3 Å². The molecule has 4 aromatic carbocycles. The molecule has 56 heavy (non-hydrogen) atoms. The lowest BCUT2D eigenvalue weighted by molar-refractivity contribution is -0.134. The van der Waals surface area contributed by atoms with Crippen LogP contribution in [0.15, 0.2) is 94.9 Å². The number of amides is 5. The Bertz CT molecular complexity index is 2080. The van der Waals surface area contributed by atoms with Crippen LogP contribution in [0, 0.1) is 0 Å². The summed E-state index contributed by atoms with van der Waals surface area (Å²) in [5, 5.41) is 14.8. The van der Waals surface area contributed by atoms with E-state index in [1.165, 1.54) is 6.92 Å². The summed E-state index contributed by atoms with van der Waals surface area (Å²) in [6.07, 6.45) is 1.02. The molecule has 4 rings (SSSR count). The number of carbonyl (C=O) groups excluding carboxylic acids is 5. The minimum atomic E-state index is -1.20. The highest BCUT2D eigenvalue weighted by molar-refractivity contribution is 5.96. The third-order valence-electron chi connectivity index (χ3n) is 9.02. The highest BCUT2D eigenvalue weighted by Crippen LogP contribution is 2.19. The minimum absolute atomic E-state index is 0.0348. The Balaban J connectivity index is 1.60. The highest BCUT2D eigenvalue weighted by atomic mass is 16.2. The number of guanidine groups is 2. The molecule has 4 atom stereocenters. The van der Waals surface area contributed by atoms with E-state index in [1.807, 2.05) is 84.9 Å². The summed E-state index contributed by atoms with van der Waals surface area (Å²) in [5.74, 6) is -3.42. The van der Waals surface area contributed by atoms with Crippen LogP contribution in [0.4, 0.5) is 0 Å². The molecule has 296 valence electrons. The molecule has 0 aliphatic carbocycles. The van der Waals surface area contributed by atoms with E-state index in [0.717, 1.165) is 32.7 Å². The molecule has 0 bridgehead atoms. The van der Waals surface area contributed by atoms with Gasteiger partial charge in [-0.3, -0.25) is 34.0 Å². The summed E-state index contributed by atoms with van der Waals surface area (Å²) in [6, 6.07) is 22.3. The van der Waals surface area contributed by atoms with Gasteiger partial charge in [-0.2, -0.15) is 0 Å². The maximum absolute atomic E-state index is 14.2. The van der Waals surface area contributed by atoms with Gasteiger partial charge in [0.05, 0.1) is 0 Å². The van der Waals surface area contributed by atoms with Crippen molar-refractivity contribution in [2.75, 3.05) is 13.1 Å². The summed E-state index contributed by atoms with van der Waals surface area (Å²) in [7, 11) is 0. The van der Waals surface area contributed by atoms with Gasteiger partial charge >= 0.3 is 0 Å². The van der Waals surface area contributed by atoms with Gasteiger partial charge in [0.2, 0.25) is 29.5 Å². The predicted octanol–water partition coefficient (Wildman–Crippen LogP) is 0.330. The van der Waals surface area contributed by atoms with Crippen molar-refractivity contribution in [3.63, 3.8) is 0 Å². The summed E-state index contributed by atoms with van der Waals surface area (Å²) >= 11 is 0. The Morgan fingerprint density at radius 2 is 0.911 bits per heavy atom. The largest absolute Gasteiger partial charge is 0.370 e. The number of hydrogen-bond acceptors (Lipinski definition) is 7. The first kappa shape index (κ1) is 42.0. The lowest BCUT2D eigenvalue weighted by atomic mass is 9.99. The van der Waals surface area contributed by atoms with Crippen LogP contribution in [0.5, 0.6) is 0 Å². The Morgan fingerprint density at radius 3 is 1.36 bits per heavy atom. The number of primary amides is 1. The van der Waals surface area contributed by atoms with Crippen LogP contribution >= 0.6 is 0 Å². The van der Waals surface area contributed by atoms with Crippen molar-refractivity contribution in [3.8, 4) is 0 Å². The lowest BCUT2D eigenvalue weighted by Crippen LogP contribution is -2.58. The van der Waals surface area contributed by atoms with Gasteiger partial charge in [-0.25, -0.2) is 0 Å². The van der Waals surface area contributed by atoms with E-state index in [0.29, 0.717) is 6.42 Å². The number of nitrogens with two attached hydrogens (primary N) is 5. The van der Waals surface area contributed by atoms with Crippen LogP contribution in [0.25, 0.3) is 21.5 Å². The monoisotopic (exact) mass is 765 g/mol. The van der Waals surface area contributed by atoms with Crippen molar-refractivity contribution in [2.45, 2.75) is 69.6 Å². The molecule has 0 spiro atoms. The van der Waals surface area contributed by atoms with Gasteiger partial charge < -0.3 is 49.9 Å². The van der Waals surface area contributed by atoms with Gasteiger partial charge in [0.1, 0.15) is 24.2 Å². The maximum atomic E-state index is 14.2. The third kappa shape index (κ3) is 13.3. The zero-order valence-electron chi connectivity index (χ0n) is 31.4. The molecule has 4 aromatic rings. The second-order valence-electron chi connectivity index (χ2n) is 13.5. The Labute approximate surface area is 325 Å². The van der Waals surface area contributed by atoms with Gasteiger partial charge in [-0.15, -0.1) is 0 Å². The van der Waals surface area contributed by atoms with Gasteiger partial charge in [0, 0.05) is 32.9 Å². The van der Waals surface area contributed by atoms with Crippen LogP contribution in [-0.2, 0) is 36.8 Å². The molecule has 5 amide bonds. The second kappa shape index (κ2) is 20.7. The number of hydrogen-bond donors (Lipinski definition) is 9. The lowest BCUT2D eigenvalue weighted by Gasteiger charge is -2.26. The summed E-state index contributed by atoms with van der Waals surface area (Å²) in [6.45, 7) is 1.67. The van der Waals surface area contributed by atoms with Crippen molar-refractivity contribution >= 4 is 63.0 Å². The van der Waals surface area contributed by atoms with Crippen LogP contribution in [0.2, 0.25) is 0 Å². The summed E-state index contributed by atoms with van der Waals surface area (Å²) < 4.78 is 0. The highest BCUT2D eigenvalue weighted by Gasteiger charge is 2.31. The fraction of sp³-hybridized carbons (Fsp3) is 0.325. The van der Waals surface area contributed by atoms with Crippen molar-refractivity contribution in [1.82, 2.24) is 21.3 Å². The zero-order valence-corrected chi connectivity index (χ0v) is 31.4. The topological polar surface area (TPSA) is 288 Å². The molecule has 14 N–H and O–H groups in total. The number of nitrogens with one attached hydrogen (secondary N) is 4. The number of aliphatic imine (C=N–C) groups is 2. The van der Waals surface area contributed by atoms with Gasteiger partial charge in [-0.05, 0) is 58.4 Å². The zero-order chi connectivity index (χ0) is 40.6. The summed E-state index contributed by atoms with van der Waals surface area (Å²) in [4.78, 5) is 74.6. The van der Waals surface area contributed by atoms with E-state index in [4.69, 9.17) is 28.7 Å². The van der Waals surface area contributed by atoms with E-state index in [1.54, 1.807) is 0 Å². The van der Waals surface area contributed by atoms with Crippen LogP contribution in [0.3, 0.4) is 0 Å². The molecule has 0 unspecified atom stereocenters. The van der Waals surface area contributed by atoms with E-state index in [-0.39, 0.29) is 57.1 Å². The third-order valence-corrected chi connectivity index (χ3v) is 9.02. The predicted molar refractivity (Wildman–Crippen MR) is 218 cm³/mol. The van der Waals surface area contributed by atoms with Crippen LogP contribution < -0.4 is 49.9 Å². The molecule has 0 aliphatic heterocycles. The number of benzene rings is 4. The smallest absolute Gasteiger partial charge is 0.243 e.